The second-order valence-electron chi connectivity index (χ2n) is 5.59. The summed E-state index contributed by atoms with van der Waals surface area (Å²) in [6, 6.07) is 1.48. The Morgan fingerprint density at radius 3 is 2.57 bits per heavy atom. The molecule has 1 heterocycles. The van der Waals surface area contributed by atoms with E-state index in [1.807, 2.05) is 6.08 Å². The van der Waals surface area contributed by atoms with Crippen molar-refractivity contribution in [2.75, 3.05) is 18.4 Å². The van der Waals surface area contributed by atoms with Gasteiger partial charge < -0.3 is 20.5 Å². The highest BCUT2D eigenvalue weighted by atomic mass is 79.9. The van der Waals surface area contributed by atoms with Crippen LogP contribution in [0.1, 0.15) is 31.1 Å². The lowest BCUT2D eigenvalue weighted by atomic mass is 10.2. The molecule has 0 aliphatic heterocycles. The minimum atomic E-state index is -1.03. The van der Waals surface area contributed by atoms with Crippen molar-refractivity contribution in [3.8, 4) is 0 Å². The van der Waals surface area contributed by atoms with Crippen molar-refractivity contribution in [2.45, 2.75) is 26.4 Å². The van der Waals surface area contributed by atoms with Gasteiger partial charge in [-0.15, -0.1) is 0 Å². The number of ether oxygens (including phenoxy) is 1. The molecule has 1 aromatic heterocycles. The summed E-state index contributed by atoms with van der Waals surface area (Å²) in [5.74, 6) is -0.488. The quantitative estimate of drug-likeness (QED) is 0.650. The molecule has 126 valence electrons. The molecular formula is C15H20BrN3O4. The Labute approximate surface area is 143 Å². The van der Waals surface area contributed by atoms with Gasteiger partial charge in [0.15, 0.2) is 0 Å². The van der Waals surface area contributed by atoms with E-state index in [-0.39, 0.29) is 5.56 Å². The second-order valence-corrected chi connectivity index (χ2v) is 6.45. The van der Waals surface area contributed by atoms with Gasteiger partial charge in [-0.05, 0) is 42.8 Å². The molecule has 0 aliphatic carbocycles. The number of pyridine rings is 1. The molecule has 3 N–H and O–H groups in total. The summed E-state index contributed by atoms with van der Waals surface area (Å²) in [6.07, 6.45) is 4.40. The molecule has 23 heavy (non-hydrogen) atoms. The third-order valence-corrected chi connectivity index (χ3v) is 3.01. The van der Waals surface area contributed by atoms with E-state index < -0.39 is 17.7 Å². The summed E-state index contributed by atoms with van der Waals surface area (Å²) >= 11 is 3.26. The van der Waals surface area contributed by atoms with Crippen LogP contribution < -0.4 is 10.6 Å². The molecule has 0 saturated heterocycles. The van der Waals surface area contributed by atoms with Gasteiger partial charge in [-0.25, -0.2) is 14.6 Å². The van der Waals surface area contributed by atoms with Crippen molar-refractivity contribution in [1.29, 1.82) is 0 Å². The van der Waals surface area contributed by atoms with Crippen molar-refractivity contribution in [1.82, 2.24) is 10.3 Å². The first-order valence-electron chi connectivity index (χ1n) is 6.93. The number of alkyl carbamates (subject to hydrolysis) is 1. The molecule has 8 heteroatoms. The van der Waals surface area contributed by atoms with Crippen LogP contribution in [0.2, 0.25) is 0 Å². The molecule has 1 rings (SSSR count). The van der Waals surface area contributed by atoms with E-state index in [9.17, 15) is 9.59 Å². The number of nitrogens with one attached hydrogen (secondary N) is 2. The highest BCUT2D eigenvalue weighted by Gasteiger charge is 2.14. The number of carboxylic acid groups (broad SMARTS) is 1. The first-order valence-corrected chi connectivity index (χ1v) is 7.73. The van der Waals surface area contributed by atoms with Gasteiger partial charge in [0.05, 0.1) is 10.0 Å². The van der Waals surface area contributed by atoms with E-state index >= 15 is 0 Å². The van der Waals surface area contributed by atoms with Gasteiger partial charge >= 0.3 is 12.1 Å². The van der Waals surface area contributed by atoms with Gasteiger partial charge in [-0.2, -0.15) is 0 Å². The molecule has 0 spiro atoms. The molecule has 1 amide bonds. The lowest BCUT2D eigenvalue weighted by molar-refractivity contribution is 0.0533. The van der Waals surface area contributed by atoms with E-state index in [1.54, 1.807) is 26.8 Å². The fraction of sp³-hybridized carbons (Fsp3) is 0.400. The number of anilines is 1. The highest BCUT2D eigenvalue weighted by Crippen LogP contribution is 2.20. The van der Waals surface area contributed by atoms with Crippen LogP contribution in [0.15, 0.2) is 28.9 Å². The summed E-state index contributed by atoms with van der Waals surface area (Å²) in [7, 11) is 0. The van der Waals surface area contributed by atoms with E-state index in [1.165, 1.54) is 12.3 Å². The van der Waals surface area contributed by atoms with Crippen LogP contribution in [0, 0.1) is 0 Å². The Kier molecular flexibility index (Phi) is 7.02. The molecule has 0 fully saturated rings. The molecule has 0 bridgehead atoms. The zero-order chi connectivity index (χ0) is 17.5. The number of halogens is 1. The number of amides is 1. The number of carboxylic acids is 1. The van der Waals surface area contributed by atoms with Crippen LogP contribution in [-0.2, 0) is 4.74 Å². The van der Waals surface area contributed by atoms with Crippen molar-refractivity contribution in [3.63, 3.8) is 0 Å². The maximum atomic E-state index is 11.4. The number of nitrogens with zero attached hydrogens (tertiary/aromatic N) is 1. The number of carbonyl (C=O) groups is 2. The number of rotatable bonds is 6. The van der Waals surface area contributed by atoms with Gasteiger partial charge in [-0.1, -0.05) is 12.2 Å². The van der Waals surface area contributed by atoms with Gasteiger partial charge in [0.25, 0.3) is 0 Å². The Morgan fingerprint density at radius 1 is 1.35 bits per heavy atom. The Hall–Kier alpha value is -2.09. The van der Waals surface area contributed by atoms with E-state index in [0.717, 1.165) is 0 Å². The van der Waals surface area contributed by atoms with Crippen molar-refractivity contribution < 1.29 is 19.4 Å². The SMILES string of the molecule is CC(C)(C)OC(=O)NCC=CCNc1ncc(C(=O)O)cc1Br. The largest absolute Gasteiger partial charge is 0.478 e. The predicted molar refractivity (Wildman–Crippen MR) is 90.8 cm³/mol. The van der Waals surface area contributed by atoms with Crippen molar-refractivity contribution >= 4 is 33.8 Å². The Bertz CT molecular complexity index is 597. The van der Waals surface area contributed by atoms with Gasteiger partial charge in [-0.3, -0.25) is 0 Å². The first-order chi connectivity index (χ1) is 10.7. The molecule has 0 saturated carbocycles. The number of carbonyl (C=O) groups excluding carboxylic acids is 1. The third-order valence-electron chi connectivity index (χ3n) is 2.41. The van der Waals surface area contributed by atoms with Crippen LogP contribution in [0.5, 0.6) is 0 Å². The molecule has 7 nitrogen and oxygen atoms in total. The summed E-state index contributed by atoms with van der Waals surface area (Å²) < 4.78 is 5.66. The van der Waals surface area contributed by atoms with E-state index in [0.29, 0.717) is 23.4 Å². The topological polar surface area (TPSA) is 101 Å². The summed E-state index contributed by atoms with van der Waals surface area (Å²) in [4.78, 5) is 26.2. The van der Waals surface area contributed by atoms with Gasteiger partial charge in [0.2, 0.25) is 0 Å². The maximum Gasteiger partial charge on any atom is 0.407 e. The van der Waals surface area contributed by atoms with E-state index in [2.05, 4.69) is 31.5 Å². The minimum absolute atomic E-state index is 0.111. The van der Waals surface area contributed by atoms with Crippen molar-refractivity contribution in [3.05, 3.63) is 34.5 Å². The molecule has 1 aromatic rings. The molecule has 0 aromatic carbocycles. The number of hydrogen-bond acceptors (Lipinski definition) is 5. The number of aromatic carboxylic acids is 1. The lowest BCUT2D eigenvalue weighted by Crippen LogP contribution is -2.32. The predicted octanol–water partition coefficient (Wildman–Crippen LogP) is 3.04. The minimum Gasteiger partial charge on any atom is -0.478 e. The molecule has 0 atom stereocenters. The summed E-state index contributed by atoms with van der Waals surface area (Å²) in [5.41, 5.74) is -0.408. The smallest absolute Gasteiger partial charge is 0.407 e. The van der Waals surface area contributed by atoms with Gasteiger partial charge in [0, 0.05) is 19.3 Å². The second kappa shape index (κ2) is 8.52. The maximum absolute atomic E-state index is 11.4. The van der Waals surface area contributed by atoms with Crippen LogP contribution in [0.4, 0.5) is 10.6 Å². The van der Waals surface area contributed by atoms with Crippen LogP contribution in [0.3, 0.4) is 0 Å². The summed E-state index contributed by atoms with van der Waals surface area (Å²) in [6.45, 7) is 6.23. The van der Waals surface area contributed by atoms with Crippen LogP contribution in [0.25, 0.3) is 0 Å². The van der Waals surface area contributed by atoms with Gasteiger partial charge in [0.1, 0.15) is 11.4 Å². The number of hydrogen-bond donors (Lipinski definition) is 3. The first kappa shape index (κ1) is 19.0. The normalized spacial score (nSPS) is 11.3. The fourth-order valence-electron chi connectivity index (χ4n) is 1.46. The highest BCUT2D eigenvalue weighted by molar-refractivity contribution is 9.10. The number of aromatic nitrogens is 1. The zero-order valence-electron chi connectivity index (χ0n) is 13.2. The molecule has 0 aliphatic rings. The molecular weight excluding hydrogens is 366 g/mol. The van der Waals surface area contributed by atoms with Crippen LogP contribution in [-0.4, -0.2) is 40.8 Å². The monoisotopic (exact) mass is 385 g/mol. The molecule has 0 unspecified atom stereocenters. The summed E-state index contributed by atoms with van der Waals surface area (Å²) in [5, 5.41) is 14.5. The Morgan fingerprint density at radius 2 is 2.00 bits per heavy atom. The van der Waals surface area contributed by atoms with E-state index in [4.69, 9.17) is 9.84 Å². The average Bonchev–Trinajstić information content (AvgIpc) is 2.41. The zero-order valence-corrected chi connectivity index (χ0v) is 14.8. The lowest BCUT2D eigenvalue weighted by Gasteiger charge is -2.19. The third kappa shape index (κ3) is 7.64. The molecule has 0 radical (unpaired) electrons. The Balaban J connectivity index is 2.34. The standard InChI is InChI=1S/C15H20BrN3O4/c1-15(2,3)23-14(22)18-7-5-4-6-17-12-11(16)8-10(9-19-12)13(20)21/h4-5,8-9H,6-7H2,1-3H3,(H,17,19)(H,18,22)(H,20,21). The average molecular weight is 386 g/mol. The van der Waals surface area contributed by atoms with Crippen LogP contribution >= 0.6 is 15.9 Å². The fourth-order valence-corrected chi connectivity index (χ4v) is 1.95. The van der Waals surface area contributed by atoms with Crippen molar-refractivity contribution in [2.24, 2.45) is 0 Å².